The van der Waals surface area contributed by atoms with Crippen LogP contribution in [0, 0.1) is 10.1 Å². The molecule has 0 saturated heterocycles. The lowest BCUT2D eigenvalue weighted by atomic mass is 10.1. The summed E-state index contributed by atoms with van der Waals surface area (Å²) < 4.78 is 0. The first kappa shape index (κ1) is 14.0. The lowest BCUT2D eigenvalue weighted by Gasteiger charge is -2.02. The van der Waals surface area contributed by atoms with E-state index in [0.717, 1.165) is 6.20 Å². The highest BCUT2D eigenvalue weighted by molar-refractivity contribution is 6.32. The molecule has 1 N–H and O–H groups in total. The molecule has 1 aromatic rings. The number of aliphatic carboxylic acids is 1. The van der Waals surface area contributed by atoms with E-state index in [0.29, 0.717) is 5.56 Å². The number of aryl methyl sites for hydroxylation is 1. The van der Waals surface area contributed by atoms with E-state index in [1.807, 2.05) is 0 Å². The van der Waals surface area contributed by atoms with Crippen molar-refractivity contribution < 1.29 is 19.6 Å². The Balaban J connectivity index is 2.72. The first-order valence-electron chi connectivity index (χ1n) is 4.96. The molecule has 0 bridgehead atoms. The summed E-state index contributed by atoms with van der Waals surface area (Å²) in [4.78, 5) is 34.8. The molecule has 0 atom stereocenters. The van der Waals surface area contributed by atoms with E-state index in [1.165, 1.54) is 6.07 Å². The maximum absolute atomic E-state index is 10.8. The molecule has 96 valence electrons. The highest BCUT2D eigenvalue weighted by Gasteiger charge is 2.16. The van der Waals surface area contributed by atoms with E-state index in [1.54, 1.807) is 0 Å². The first-order valence-corrected chi connectivity index (χ1v) is 5.34. The third kappa shape index (κ3) is 3.77. The zero-order valence-corrected chi connectivity index (χ0v) is 9.88. The first-order chi connectivity index (χ1) is 8.41. The van der Waals surface area contributed by atoms with Gasteiger partial charge in [-0.3, -0.25) is 14.9 Å². The Hall–Kier alpha value is -2.02. The predicted molar refractivity (Wildman–Crippen MR) is 61.5 cm³/mol. The van der Waals surface area contributed by atoms with Crippen LogP contribution >= 0.6 is 11.6 Å². The number of carboxylic acids is 1. The maximum atomic E-state index is 10.8. The number of aromatic nitrogens is 1. The zero-order chi connectivity index (χ0) is 13.7. The third-order valence-electron chi connectivity index (χ3n) is 2.22. The largest absolute Gasteiger partial charge is 0.476 e. The van der Waals surface area contributed by atoms with Crippen molar-refractivity contribution in [2.24, 2.45) is 0 Å². The number of carbonyl (C=O) groups excluding carboxylic acids is 1. The summed E-state index contributed by atoms with van der Waals surface area (Å²) in [7, 11) is 0. The lowest BCUT2D eigenvalue weighted by molar-refractivity contribution is -0.385. The summed E-state index contributed by atoms with van der Waals surface area (Å²) >= 11 is 5.62. The van der Waals surface area contributed by atoms with Gasteiger partial charge in [-0.15, -0.1) is 0 Å². The van der Waals surface area contributed by atoms with Crippen molar-refractivity contribution in [1.29, 1.82) is 0 Å². The monoisotopic (exact) mass is 272 g/mol. The number of pyridine rings is 1. The summed E-state index contributed by atoms with van der Waals surface area (Å²) in [5.41, 5.74) is 0.139. The van der Waals surface area contributed by atoms with E-state index >= 15 is 0 Å². The predicted octanol–water partition coefficient (Wildman–Crippen LogP) is 1.62. The van der Waals surface area contributed by atoms with Crippen LogP contribution in [0.2, 0.25) is 5.15 Å². The smallest absolute Gasteiger partial charge is 0.372 e. The zero-order valence-electron chi connectivity index (χ0n) is 9.13. The van der Waals surface area contributed by atoms with Crippen molar-refractivity contribution in [1.82, 2.24) is 4.98 Å². The molecule has 0 saturated carbocycles. The maximum Gasteiger partial charge on any atom is 0.372 e. The van der Waals surface area contributed by atoms with Gasteiger partial charge in [-0.2, -0.15) is 0 Å². The van der Waals surface area contributed by atoms with Gasteiger partial charge in [-0.25, -0.2) is 9.78 Å². The van der Waals surface area contributed by atoms with Crippen LogP contribution in [0.1, 0.15) is 18.4 Å². The molecule has 1 heterocycles. The molecule has 0 aliphatic carbocycles. The van der Waals surface area contributed by atoms with Crippen molar-refractivity contribution in [2.45, 2.75) is 19.3 Å². The Kier molecular flexibility index (Phi) is 4.73. The fourth-order valence-corrected chi connectivity index (χ4v) is 1.55. The van der Waals surface area contributed by atoms with Gasteiger partial charge in [0.25, 0.3) is 5.69 Å². The summed E-state index contributed by atoms with van der Waals surface area (Å²) in [5.74, 6) is -2.42. The minimum Gasteiger partial charge on any atom is -0.476 e. The second-order valence-electron chi connectivity index (χ2n) is 3.47. The number of ketones is 1. The van der Waals surface area contributed by atoms with Gasteiger partial charge < -0.3 is 5.11 Å². The number of hydrogen-bond donors (Lipinski definition) is 1. The molecule has 0 unspecified atom stereocenters. The summed E-state index contributed by atoms with van der Waals surface area (Å²) in [5, 5.41) is 19.2. The second kappa shape index (κ2) is 6.06. The number of Topliss-reactive ketones (excluding diaryl/α,β-unsaturated/α-hetero) is 1. The van der Waals surface area contributed by atoms with Crippen molar-refractivity contribution >= 4 is 29.0 Å². The number of hydrogen-bond acceptors (Lipinski definition) is 5. The van der Waals surface area contributed by atoms with Gasteiger partial charge in [0.2, 0.25) is 5.78 Å². The minimum atomic E-state index is -1.50. The molecule has 1 aromatic heterocycles. The average molecular weight is 273 g/mol. The van der Waals surface area contributed by atoms with E-state index in [4.69, 9.17) is 16.7 Å². The van der Waals surface area contributed by atoms with Gasteiger partial charge in [0.05, 0.1) is 4.92 Å². The molecular formula is C10H9ClN2O5. The van der Waals surface area contributed by atoms with Crippen LogP contribution in [0.15, 0.2) is 12.3 Å². The molecule has 1 rings (SSSR count). The standard InChI is InChI=1S/C10H9ClN2O5/c11-9-4-6(7(5-12-9)13(17)18)2-1-3-8(14)10(15)16/h4-5H,1-3H2,(H,15,16). The number of halogens is 1. The van der Waals surface area contributed by atoms with Crippen LogP contribution in [0.4, 0.5) is 5.69 Å². The van der Waals surface area contributed by atoms with Crippen LogP contribution in [0.5, 0.6) is 0 Å². The molecular weight excluding hydrogens is 264 g/mol. The molecule has 8 heteroatoms. The minimum absolute atomic E-state index is 0.111. The molecule has 0 aliphatic rings. The Morgan fingerprint density at radius 3 is 2.72 bits per heavy atom. The van der Waals surface area contributed by atoms with Crippen LogP contribution in [-0.4, -0.2) is 26.8 Å². The van der Waals surface area contributed by atoms with Crippen LogP contribution in [0.3, 0.4) is 0 Å². The highest BCUT2D eigenvalue weighted by atomic mass is 35.5. The molecule has 0 fully saturated rings. The van der Waals surface area contributed by atoms with E-state index in [2.05, 4.69) is 4.98 Å². The van der Waals surface area contributed by atoms with Gasteiger partial charge in [0, 0.05) is 12.0 Å². The van der Waals surface area contributed by atoms with Crippen molar-refractivity contribution in [3.63, 3.8) is 0 Å². The highest BCUT2D eigenvalue weighted by Crippen LogP contribution is 2.22. The lowest BCUT2D eigenvalue weighted by Crippen LogP contribution is -2.12. The number of nitro groups is 1. The van der Waals surface area contributed by atoms with Crippen LogP contribution in [0.25, 0.3) is 0 Å². The number of nitrogens with zero attached hydrogens (tertiary/aromatic N) is 2. The van der Waals surface area contributed by atoms with Crippen LogP contribution < -0.4 is 0 Å². The fraction of sp³-hybridized carbons (Fsp3) is 0.300. The van der Waals surface area contributed by atoms with Gasteiger partial charge in [-0.1, -0.05) is 11.6 Å². The summed E-state index contributed by atoms with van der Waals surface area (Å²) in [6.07, 6.45) is 1.26. The van der Waals surface area contributed by atoms with Crippen molar-refractivity contribution in [2.75, 3.05) is 0 Å². The fourth-order valence-electron chi connectivity index (χ4n) is 1.37. The Labute approximate surface area is 107 Å². The molecule has 0 radical (unpaired) electrons. The van der Waals surface area contributed by atoms with Crippen molar-refractivity contribution in [3.05, 3.63) is 33.1 Å². The van der Waals surface area contributed by atoms with Gasteiger partial charge in [-0.05, 0) is 18.9 Å². The average Bonchev–Trinajstić information content (AvgIpc) is 2.28. The molecule has 18 heavy (non-hydrogen) atoms. The molecule has 0 amide bonds. The molecule has 0 spiro atoms. The van der Waals surface area contributed by atoms with Gasteiger partial charge in [0.1, 0.15) is 11.3 Å². The van der Waals surface area contributed by atoms with Gasteiger partial charge in [0.15, 0.2) is 0 Å². The molecule has 0 aliphatic heterocycles. The quantitative estimate of drug-likeness (QED) is 0.364. The van der Waals surface area contributed by atoms with Crippen molar-refractivity contribution in [3.8, 4) is 0 Å². The number of rotatable bonds is 6. The molecule has 7 nitrogen and oxygen atoms in total. The topological polar surface area (TPSA) is 110 Å². The third-order valence-corrected chi connectivity index (χ3v) is 2.42. The summed E-state index contributed by atoms with van der Waals surface area (Å²) in [6.45, 7) is 0. The van der Waals surface area contributed by atoms with E-state index in [-0.39, 0.29) is 30.1 Å². The summed E-state index contributed by atoms with van der Waals surface area (Å²) in [6, 6.07) is 1.34. The number of carboxylic acid groups (broad SMARTS) is 1. The Morgan fingerprint density at radius 1 is 1.50 bits per heavy atom. The van der Waals surface area contributed by atoms with E-state index in [9.17, 15) is 19.7 Å². The van der Waals surface area contributed by atoms with Gasteiger partial charge >= 0.3 is 5.97 Å². The molecule has 0 aromatic carbocycles. The van der Waals surface area contributed by atoms with E-state index < -0.39 is 16.7 Å². The number of carbonyl (C=O) groups is 2. The SMILES string of the molecule is O=C(O)C(=O)CCCc1cc(Cl)ncc1[N+](=O)[O-]. The Morgan fingerprint density at radius 2 is 2.17 bits per heavy atom. The second-order valence-corrected chi connectivity index (χ2v) is 3.86. The van der Waals surface area contributed by atoms with Crippen LogP contribution in [-0.2, 0) is 16.0 Å². The normalized spacial score (nSPS) is 10.1. The Bertz CT molecular complexity index is 503.